The van der Waals surface area contributed by atoms with Crippen LogP contribution in [0.1, 0.15) is 37.0 Å². The Hall–Kier alpha value is -1.93. The van der Waals surface area contributed by atoms with Crippen LogP contribution in [0.5, 0.6) is 0 Å². The molecule has 0 saturated carbocycles. The van der Waals surface area contributed by atoms with Crippen molar-refractivity contribution < 1.29 is 22.7 Å². The molecule has 0 radical (unpaired) electrons. The Kier molecular flexibility index (Phi) is 6.77. The van der Waals surface area contributed by atoms with E-state index in [0.717, 1.165) is 0 Å². The molecular weight excluding hydrogens is 356 g/mol. The zero-order valence-corrected chi connectivity index (χ0v) is 16.3. The zero-order valence-electron chi connectivity index (χ0n) is 15.5. The van der Waals surface area contributed by atoms with Crippen LogP contribution in [-0.2, 0) is 19.6 Å². The Morgan fingerprint density at radius 1 is 1.19 bits per heavy atom. The predicted octanol–water partition coefficient (Wildman–Crippen LogP) is 1.74. The number of hydrogen-bond acceptors (Lipinski definition) is 5. The van der Waals surface area contributed by atoms with E-state index in [0.29, 0.717) is 44.6 Å². The second kappa shape index (κ2) is 8.64. The first-order valence-electron chi connectivity index (χ1n) is 8.82. The number of likely N-dealkylation sites (tertiary alicyclic amines) is 1. The number of nitrogens with zero attached hydrogens (tertiary/aromatic N) is 2. The highest BCUT2D eigenvalue weighted by atomic mass is 32.2. The quantitative estimate of drug-likeness (QED) is 0.700. The molecule has 0 bridgehead atoms. The van der Waals surface area contributed by atoms with E-state index in [2.05, 4.69) is 0 Å². The lowest BCUT2D eigenvalue weighted by Crippen LogP contribution is -2.40. The van der Waals surface area contributed by atoms with Crippen molar-refractivity contribution in [1.82, 2.24) is 9.21 Å². The summed E-state index contributed by atoms with van der Waals surface area (Å²) in [6.07, 6.45) is 1.10. The second-order valence-electron chi connectivity index (χ2n) is 6.21. The maximum Gasteiger partial charge on any atom is 0.308 e. The van der Waals surface area contributed by atoms with Crippen LogP contribution in [0.15, 0.2) is 29.2 Å². The summed E-state index contributed by atoms with van der Waals surface area (Å²) in [5, 5.41) is 0. The van der Waals surface area contributed by atoms with Gasteiger partial charge in [-0.05, 0) is 31.0 Å². The molecule has 1 heterocycles. The third-order valence-electron chi connectivity index (χ3n) is 4.74. The van der Waals surface area contributed by atoms with Crippen molar-refractivity contribution in [3.63, 3.8) is 0 Å². The summed E-state index contributed by atoms with van der Waals surface area (Å²) in [6, 6.07) is 6.15. The van der Waals surface area contributed by atoms with Crippen LogP contribution in [0.25, 0.3) is 0 Å². The molecule has 144 valence electrons. The standard InChI is InChI=1S/C18H26N2O5S/c1-4-20(5-2)26(23,24)16-8-6-7-15(13-16)17(21)19-11-9-14(10-12-19)18(22)25-3/h6-8,13-14H,4-5,9-12H2,1-3H3. The van der Waals surface area contributed by atoms with Gasteiger partial charge in [-0.1, -0.05) is 19.9 Å². The van der Waals surface area contributed by atoms with Crippen molar-refractivity contribution in [2.75, 3.05) is 33.3 Å². The van der Waals surface area contributed by atoms with Crippen molar-refractivity contribution in [3.8, 4) is 0 Å². The molecule has 1 amide bonds. The number of amides is 1. The van der Waals surface area contributed by atoms with Crippen LogP contribution in [0.2, 0.25) is 0 Å². The fourth-order valence-corrected chi connectivity index (χ4v) is 4.67. The van der Waals surface area contributed by atoms with E-state index >= 15 is 0 Å². The van der Waals surface area contributed by atoms with Gasteiger partial charge in [0.25, 0.3) is 5.91 Å². The first-order valence-corrected chi connectivity index (χ1v) is 10.3. The Bertz CT molecular complexity index is 751. The lowest BCUT2D eigenvalue weighted by molar-refractivity contribution is -0.146. The molecule has 1 aliphatic heterocycles. The molecule has 0 atom stereocenters. The van der Waals surface area contributed by atoms with Crippen molar-refractivity contribution in [2.45, 2.75) is 31.6 Å². The van der Waals surface area contributed by atoms with Crippen LogP contribution in [-0.4, -0.2) is 62.8 Å². The van der Waals surface area contributed by atoms with Gasteiger partial charge >= 0.3 is 5.97 Å². The van der Waals surface area contributed by atoms with Crippen molar-refractivity contribution in [1.29, 1.82) is 0 Å². The predicted molar refractivity (Wildman–Crippen MR) is 97.2 cm³/mol. The number of benzene rings is 1. The van der Waals surface area contributed by atoms with Gasteiger partial charge in [-0.2, -0.15) is 4.31 Å². The van der Waals surface area contributed by atoms with Crippen LogP contribution in [0, 0.1) is 5.92 Å². The molecule has 1 saturated heterocycles. The maximum atomic E-state index is 12.7. The smallest absolute Gasteiger partial charge is 0.308 e. The summed E-state index contributed by atoms with van der Waals surface area (Å²) in [6.45, 7) is 5.20. The Morgan fingerprint density at radius 2 is 1.81 bits per heavy atom. The highest BCUT2D eigenvalue weighted by Crippen LogP contribution is 2.22. The molecule has 8 heteroatoms. The normalized spacial score (nSPS) is 15.9. The Morgan fingerprint density at radius 3 is 2.35 bits per heavy atom. The molecule has 0 aliphatic carbocycles. The monoisotopic (exact) mass is 382 g/mol. The summed E-state index contributed by atoms with van der Waals surface area (Å²) in [4.78, 5) is 26.1. The number of ether oxygens (including phenoxy) is 1. The molecule has 26 heavy (non-hydrogen) atoms. The minimum atomic E-state index is -3.61. The van der Waals surface area contributed by atoms with Gasteiger partial charge in [0.1, 0.15) is 0 Å². The lowest BCUT2D eigenvalue weighted by atomic mass is 9.96. The number of piperidine rings is 1. The van der Waals surface area contributed by atoms with Crippen LogP contribution in [0.4, 0.5) is 0 Å². The van der Waals surface area contributed by atoms with Gasteiger partial charge in [0.2, 0.25) is 10.0 Å². The molecule has 1 fully saturated rings. The van der Waals surface area contributed by atoms with E-state index in [1.165, 1.54) is 23.5 Å². The lowest BCUT2D eigenvalue weighted by Gasteiger charge is -2.30. The SMILES string of the molecule is CCN(CC)S(=O)(=O)c1cccc(C(=O)N2CCC(C(=O)OC)CC2)c1. The Labute approximate surface area is 155 Å². The first kappa shape index (κ1) is 20.4. The van der Waals surface area contributed by atoms with E-state index < -0.39 is 10.0 Å². The van der Waals surface area contributed by atoms with E-state index in [1.807, 2.05) is 0 Å². The fraction of sp³-hybridized carbons (Fsp3) is 0.556. The maximum absolute atomic E-state index is 12.7. The van der Waals surface area contributed by atoms with E-state index in [-0.39, 0.29) is 22.7 Å². The molecule has 0 unspecified atom stereocenters. The van der Waals surface area contributed by atoms with Gasteiger partial charge in [0.15, 0.2) is 0 Å². The number of carbonyl (C=O) groups excluding carboxylic acids is 2. The highest BCUT2D eigenvalue weighted by molar-refractivity contribution is 7.89. The van der Waals surface area contributed by atoms with Crippen LogP contribution in [0.3, 0.4) is 0 Å². The van der Waals surface area contributed by atoms with Crippen LogP contribution < -0.4 is 0 Å². The summed E-state index contributed by atoms with van der Waals surface area (Å²) < 4.78 is 31.4. The largest absolute Gasteiger partial charge is 0.469 e. The topological polar surface area (TPSA) is 84.0 Å². The third kappa shape index (κ3) is 4.24. The summed E-state index contributed by atoms with van der Waals surface area (Å²) in [5.41, 5.74) is 0.342. The fourth-order valence-electron chi connectivity index (χ4n) is 3.17. The molecule has 1 aromatic rings. The number of rotatable bonds is 6. The third-order valence-corrected chi connectivity index (χ3v) is 6.79. The van der Waals surface area contributed by atoms with E-state index in [9.17, 15) is 18.0 Å². The molecule has 0 N–H and O–H groups in total. The summed E-state index contributed by atoms with van der Waals surface area (Å²) in [5.74, 6) is -0.646. The molecular formula is C18H26N2O5S. The minimum Gasteiger partial charge on any atom is -0.469 e. The Balaban J connectivity index is 2.15. The number of hydrogen-bond donors (Lipinski definition) is 0. The zero-order chi connectivity index (χ0) is 19.3. The number of esters is 1. The molecule has 7 nitrogen and oxygen atoms in total. The molecule has 1 aliphatic rings. The molecule has 0 aromatic heterocycles. The van der Waals surface area contributed by atoms with Crippen LogP contribution >= 0.6 is 0 Å². The highest BCUT2D eigenvalue weighted by Gasteiger charge is 2.29. The van der Waals surface area contributed by atoms with Crippen molar-refractivity contribution in [2.24, 2.45) is 5.92 Å². The van der Waals surface area contributed by atoms with Crippen molar-refractivity contribution in [3.05, 3.63) is 29.8 Å². The molecule has 2 rings (SSSR count). The average molecular weight is 382 g/mol. The van der Waals surface area contributed by atoms with Gasteiger partial charge < -0.3 is 9.64 Å². The van der Waals surface area contributed by atoms with Gasteiger partial charge in [-0.3, -0.25) is 9.59 Å². The summed E-state index contributed by atoms with van der Waals surface area (Å²) in [7, 11) is -2.25. The van der Waals surface area contributed by atoms with E-state index in [4.69, 9.17) is 4.74 Å². The van der Waals surface area contributed by atoms with Gasteiger partial charge in [-0.15, -0.1) is 0 Å². The van der Waals surface area contributed by atoms with Gasteiger partial charge in [0, 0.05) is 31.7 Å². The number of sulfonamides is 1. The number of methoxy groups -OCH3 is 1. The molecule has 1 aromatic carbocycles. The van der Waals surface area contributed by atoms with Gasteiger partial charge in [0.05, 0.1) is 17.9 Å². The minimum absolute atomic E-state index is 0.122. The summed E-state index contributed by atoms with van der Waals surface area (Å²) >= 11 is 0. The van der Waals surface area contributed by atoms with Gasteiger partial charge in [-0.25, -0.2) is 8.42 Å². The van der Waals surface area contributed by atoms with Crippen molar-refractivity contribution >= 4 is 21.9 Å². The second-order valence-corrected chi connectivity index (χ2v) is 8.14. The molecule has 0 spiro atoms. The average Bonchev–Trinajstić information content (AvgIpc) is 2.67. The first-order chi connectivity index (χ1) is 12.3. The number of carbonyl (C=O) groups is 2. The van der Waals surface area contributed by atoms with E-state index in [1.54, 1.807) is 30.9 Å².